The first-order valence-corrected chi connectivity index (χ1v) is 7.61. The lowest BCUT2D eigenvalue weighted by Gasteiger charge is -2.04. The number of ketones is 1. The van der Waals surface area contributed by atoms with Gasteiger partial charge in [0.25, 0.3) is 0 Å². The van der Waals surface area contributed by atoms with Crippen LogP contribution in [0.2, 0.25) is 0 Å². The number of hydrogen-bond acceptors (Lipinski definition) is 4. The van der Waals surface area contributed by atoms with Crippen LogP contribution in [0.4, 0.5) is 4.39 Å². The Morgan fingerprint density at radius 2 is 1.96 bits per heavy atom. The second kappa shape index (κ2) is 7.08. The van der Waals surface area contributed by atoms with Crippen LogP contribution >= 0.6 is 0 Å². The lowest BCUT2D eigenvalue weighted by molar-refractivity contribution is 0.0987. The zero-order valence-corrected chi connectivity index (χ0v) is 13.2. The van der Waals surface area contributed by atoms with E-state index >= 15 is 0 Å². The van der Waals surface area contributed by atoms with E-state index in [1.54, 1.807) is 37.5 Å². The Morgan fingerprint density at radius 3 is 2.67 bits per heavy atom. The van der Waals surface area contributed by atoms with Gasteiger partial charge in [-0.05, 0) is 48.7 Å². The Morgan fingerprint density at radius 1 is 1.08 bits per heavy atom. The predicted octanol–water partition coefficient (Wildman–Crippen LogP) is 3.34. The van der Waals surface area contributed by atoms with Crippen molar-refractivity contribution in [2.24, 2.45) is 0 Å². The number of aromatic nitrogens is 3. The van der Waals surface area contributed by atoms with Gasteiger partial charge in [-0.3, -0.25) is 9.78 Å². The van der Waals surface area contributed by atoms with Crippen LogP contribution in [0.1, 0.15) is 33.1 Å². The van der Waals surface area contributed by atoms with Crippen molar-refractivity contribution in [1.29, 1.82) is 0 Å². The second-order valence-electron chi connectivity index (χ2n) is 5.55. The van der Waals surface area contributed by atoms with E-state index < -0.39 is 0 Å². The highest BCUT2D eigenvalue weighted by molar-refractivity contribution is 5.95. The highest BCUT2D eigenvalue weighted by Crippen LogP contribution is 2.11. The standard InChI is InChI=1S/C19H16FN3O/c1-13-21-8-7-17(23-13)11-19(24)18-6-5-15(12-22-18)9-14-3-2-4-16(20)10-14/h2-8,10,12H,9,11H2,1H3. The summed E-state index contributed by atoms with van der Waals surface area (Å²) in [6.45, 7) is 1.79. The number of pyridine rings is 1. The molecular weight excluding hydrogens is 305 g/mol. The van der Waals surface area contributed by atoms with Crippen molar-refractivity contribution < 1.29 is 9.18 Å². The van der Waals surface area contributed by atoms with E-state index in [0.29, 0.717) is 23.6 Å². The van der Waals surface area contributed by atoms with Gasteiger partial charge in [-0.1, -0.05) is 18.2 Å². The Bertz CT molecular complexity index is 862. The third-order valence-corrected chi connectivity index (χ3v) is 3.58. The first-order valence-electron chi connectivity index (χ1n) is 7.61. The maximum atomic E-state index is 13.2. The van der Waals surface area contributed by atoms with Crippen molar-refractivity contribution in [2.75, 3.05) is 0 Å². The molecule has 0 aliphatic heterocycles. The predicted molar refractivity (Wildman–Crippen MR) is 88.2 cm³/mol. The minimum absolute atomic E-state index is 0.0922. The minimum atomic E-state index is -0.257. The van der Waals surface area contributed by atoms with Crippen LogP contribution in [0.3, 0.4) is 0 Å². The van der Waals surface area contributed by atoms with E-state index in [0.717, 1.165) is 11.1 Å². The van der Waals surface area contributed by atoms with Crippen LogP contribution in [0.15, 0.2) is 54.9 Å². The average Bonchev–Trinajstić information content (AvgIpc) is 2.55. The molecule has 0 aliphatic rings. The van der Waals surface area contributed by atoms with Crippen LogP contribution in [0.25, 0.3) is 0 Å². The molecule has 4 nitrogen and oxygen atoms in total. The molecule has 0 amide bonds. The molecule has 0 N–H and O–H groups in total. The fourth-order valence-corrected chi connectivity index (χ4v) is 2.44. The van der Waals surface area contributed by atoms with Crippen molar-refractivity contribution in [3.05, 3.63) is 89.0 Å². The number of Topliss-reactive ketones (excluding diaryl/α,β-unsaturated/α-hetero) is 1. The maximum Gasteiger partial charge on any atom is 0.187 e. The normalized spacial score (nSPS) is 10.6. The van der Waals surface area contributed by atoms with Crippen molar-refractivity contribution >= 4 is 5.78 Å². The molecular formula is C19H16FN3O. The first kappa shape index (κ1) is 15.9. The summed E-state index contributed by atoms with van der Waals surface area (Å²) in [4.78, 5) is 24.7. The third-order valence-electron chi connectivity index (χ3n) is 3.58. The largest absolute Gasteiger partial charge is 0.292 e. The number of benzene rings is 1. The monoisotopic (exact) mass is 321 g/mol. The SMILES string of the molecule is Cc1nccc(CC(=O)c2ccc(Cc3cccc(F)c3)cn2)n1. The fourth-order valence-electron chi connectivity index (χ4n) is 2.44. The number of halogens is 1. The molecule has 0 saturated heterocycles. The number of rotatable bonds is 5. The first-order chi connectivity index (χ1) is 11.6. The Hall–Kier alpha value is -2.95. The van der Waals surface area contributed by atoms with Crippen LogP contribution in [0, 0.1) is 12.7 Å². The summed E-state index contributed by atoms with van der Waals surface area (Å²) in [5.41, 5.74) is 2.87. The lowest BCUT2D eigenvalue weighted by atomic mass is 10.1. The van der Waals surface area contributed by atoms with Gasteiger partial charge in [0.15, 0.2) is 5.78 Å². The summed E-state index contributed by atoms with van der Waals surface area (Å²) in [5.74, 6) is 0.288. The van der Waals surface area contributed by atoms with E-state index in [9.17, 15) is 9.18 Å². The number of hydrogen-bond donors (Lipinski definition) is 0. The third kappa shape index (κ3) is 4.07. The topological polar surface area (TPSA) is 55.7 Å². The molecule has 0 fully saturated rings. The van der Waals surface area contributed by atoms with Gasteiger partial charge in [0, 0.05) is 12.4 Å². The van der Waals surface area contributed by atoms with Crippen LogP contribution in [-0.2, 0) is 12.8 Å². The van der Waals surface area contributed by atoms with E-state index in [4.69, 9.17) is 0 Å². The molecule has 120 valence electrons. The average molecular weight is 321 g/mol. The Balaban J connectivity index is 1.68. The van der Waals surface area contributed by atoms with E-state index in [1.807, 2.05) is 12.1 Å². The Kier molecular flexibility index (Phi) is 4.70. The summed E-state index contributed by atoms with van der Waals surface area (Å²) in [5, 5.41) is 0. The molecule has 24 heavy (non-hydrogen) atoms. The van der Waals surface area contributed by atoms with E-state index in [-0.39, 0.29) is 18.0 Å². The summed E-state index contributed by atoms with van der Waals surface area (Å²) < 4.78 is 13.2. The van der Waals surface area contributed by atoms with Crippen LogP contribution in [0.5, 0.6) is 0 Å². The summed E-state index contributed by atoms with van der Waals surface area (Å²) in [7, 11) is 0. The lowest BCUT2D eigenvalue weighted by Crippen LogP contribution is -2.08. The van der Waals surface area contributed by atoms with Gasteiger partial charge in [-0.25, -0.2) is 14.4 Å². The second-order valence-corrected chi connectivity index (χ2v) is 5.55. The molecule has 1 aromatic carbocycles. The summed E-state index contributed by atoms with van der Waals surface area (Å²) in [6, 6.07) is 11.7. The molecule has 0 radical (unpaired) electrons. The molecule has 5 heteroatoms. The van der Waals surface area contributed by atoms with Gasteiger partial charge >= 0.3 is 0 Å². The number of nitrogens with zero attached hydrogens (tertiary/aromatic N) is 3. The van der Waals surface area contributed by atoms with Gasteiger partial charge in [0.1, 0.15) is 17.3 Å². The van der Waals surface area contributed by atoms with Crippen molar-refractivity contribution in [3.8, 4) is 0 Å². The molecule has 0 saturated carbocycles. The van der Waals surface area contributed by atoms with Crippen LogP contribution < -0.4 is 0 Å². The quantitative estimate of drug-likeness (QED) is 0.676. The van der Waals surface area contributed by atoms with Crippen molar-refractivity contribution in [3.63, 3.8) is 0 Å². The van der Waals surface area contributed by atoms with Gasteiger partial charge in [0.05, 0.1) is 12.1 Å². The highest BCUT2D eigenvalue weighted by Gasteiger charge is 2.10. The molecule has 0 bridgehead atoms. The number of carbonyl (C=O) groups is 1. The maximum absolute atomic E-state index is 13.2. The van der Waals surface area contributed by atoms with Gasteiger partial charge in [-0.2, -0.15) is 0 Å². The zero-order chi connectivity index (χ0) is 16.9. The smallest absolute Gasteiger partial charge is 0.187 e. The molecule has 2 aromatic heterocycles. The van der Waals surface area contributed by atoms with E-state index in [1.165, 1.54) is 12.1 Å². The molecule has 0 atom stereocenters. The molecule has 0 unspecified atom stereocenters. The molecule has 3 aromatic rings. The highest BCUT2D eigenvalue weighted by atomic mass is 19.1. The number of carbonyl (C=O) groups excluding carboxylic acids is 1. The zero-order valence-electron chi connectivity index (χ0n) is 13.2. The van der Waals surface area contributed by atoms with E-state index in [2.05, 4.69) is 15.0 Å². The van der Waals surface area contributed by atoms with Gasteiger partial charge < -0.3 is 0 Å². The van der Waals surface area contributed by atoms with Crippen molar-refractivity contribution in [2.45, 2.75) is 19.8 Å². The summed E-state index contributed by atoms with van der Waals surface area (Å²) in [6.07, 6.45) is 4.06. The summed E-state index contributed by atoms with van der Waals surface area (Å²) >= 11 is 0. The number of aryl methyl sites for hydroxylation is 1. The fraction of sp³-hybridized carbons (Fsp3) is 0.158. The molecule has 3 rings (SSSR count). The Labute approximate surface area is 139 Å². The minimum Gasteiger partial charge on any atom is -0.292 e. The molecule has 2 heterocycles. The van der Waals surface area contributed by atoms with Crippen molar-refractivity contribution in [1.82, 2.24) is 15.0 Å². The van der Waals surface area contributed by atoms with Gasteiger partial charge in [-0.15, -0.1) is 0 Å². The van der Waals surface area contributed by atoms with Crippen LogP contribution in [-0.4, -0.2) is 20.7 Å². The molecule has 0 spiro atoms. The van der Waals surface area contributed by atoms with Gasteiger partial charge in [0.2, 0.25) is 0 Å². The molecule has 0 aliphatic carbocycles.